The van der Waals surface area contributed by atoms with Crippen molar-refractivity contribution in [3.05, 3.63) is 41.2 Å². The number of hydrogen-bond donors (Lipinski definition) is 1. The van der Waals surface area contributed by atoms with E-state index in [1.54, 1.807) is 12.4 Å². The van der Waals surface area contributed by atoms with Crippen LogP contribution in [-0.2, 0) is 0 Å². The minimum absolute atomic E-state index is 0.297. The Hall–Kier alpha value is -2.94. The summed E-state index contributed by atoms with van der Waals surface area (Å²) in [6.45, 7) is 1.86. The predicted octanol–water partition coefficient (Wildman–Crippen LogP) is 3.51. The van der Waals surface area contributed by atoms with E-state index in [4.69, 9.17) is 4.98 Å². The lowest BCUT2D eigenvalue weighted by atomic mass is 10.1. The van der Waals surface area contributed by atoms with Crippen molar-refractivity contribution in [3.63, 3.8) is 0 Å². The highest BCUT2D eigenvalue weighted by Gasteiger charge is 2.28. The Balaban J connectivity index is 1.46. The van der Waals surface area contributed by atoms with Crippen molar-refractivity contribution in [2.45, 2.75) is 38.0 Å². The molecule has 0 spiro atoms. The zero-order valence-corrected chi connectivity index (χ0v) is 16.7. The lowest BCUT2D eigenvalue weighted by Gasteiger charge is -2.27. The number of piperidine rings is 1. The minimum Gasteiger partial charge on any atom is -0.341 e. The summed E-state index contributed by atoms with van der Waals surface area (Å²) < 4.78 is 0. The van der Waals surface area contributed by atoms with E-state index in [0.29, 0.717) is 33.9 Å². The van der Waals surface area contributed by atoms with E-state index in [1.807, 2.05) is 18.2 Å². The Labute approximate surface area is 172 Å². The van der Waals surface area contributed by atoms with Gasteiger partial charge in [0.1, 0.15) is 10.7 Å². The Bertz CT molecular complexity index is 1010. The van der Waals surface area contributed by atoms with Crippen LogP contribution in [0.1, 0.15) is 53.4 Å². The number of nitrogens with one attached hydrogen (secondary N) is 1. The van der Waals surface area contributed by atoms with E-state index in [2.05, 4.69) is 30.4 Å². The number of aromatic nitrogens is 5. The normalized spacial score (nSPS) is 16.6. The first kappa shape index (κ1) is 18.1. The molecule has 29 heavy (non-hydrogen) atoms. The third-order valence-corrected chi connectivity index (χ3v) is 6.16. The maximum atomic E-state index is 13.0. The molecule has 5 rings (SSSR count). The molecule has 1 N–H and O–H groups in total. The van der Waals surface area contributed by atoms with Gasteiger partial charge in [-0.3, -0.25) is 15.1 Å². The molecule has 4 heterocycles. The molecular weight excluding hydrogens is 386 g/mol. The second-order valence-corrected chi connectivity index (χ2v) is 8.38. The molecule has 1 saturated heterocycles. The SMILES string of the molecule is O=C(Nc1nnc(C2CC2)s1)c1cnc(N2CCCCC2)nc1-c1ccccn1. The van der Waals surface area contributed by atoms with Gasteiger partial charge in [-0.05, 0) is 44.2 Å². The molecule has 3 aromatic heterocycles. The fraction of sp³-hybridized carbons (Fsp3) is 0.400. The first-order valence-corrected chi connectivity index (χ1v) is 10.8. The number of carbonyl (C=O) groups is 1. The predicted molar refractivity (Wildman–Crippen MR) is 111 cm³/mol. The van der Waals surface area contributed by atoms with Crippen molar-refractivity contribution in [1.29, 1.82) is 0 Å². The summed E-state index contributed by atoms with van der Waals surface area (Å²) in [5, 5.41) is 12.6. The number of pyridine rings is 1. The lowest BCUT2D eigenvalue weighted by Crippen LogP contribution is -2.31. The molecule has 2 fully saturated rings. The van der Waals surface area contributed by atoms with Gasteiger partial charge in [-0.15, -0.1) is 10.2 Å². The van der Waals surface area contributed by atoms with Gasteiger partial charge in [0.25, 0.3) is 5.91 Å². The molecule has 0 aromatic carbocycles. The van der Waals surface area contributed by atoms with Crippen molar-refractivity contribution >= 4 is 28.3 Å². The van der Waals surface area contributed by atoms with E-state index in [1.165, 1.54) is 17.8 Å². The number of hydrogen-bond acceptors (Lipinski definition) is 8. The van der Waals surface area contributed by atoms with Gasteiger partial charge in [-0.25, -0.2) is 9.97 Å². The number of carbonyl (C=O) groups excluding carboxylic acids is 1. The van der Waals surface area contributed by atoms with E-state index in [-0.39, 0.29) is 5.91 Å². The fourth-order valence-corrected chi connectivity index (χ4v) is 4.34. The van der Waals surface area contributed by atoms with Gasteiger partial charge < -0.3 is 4.90 Å². The van der Waals surface area contributed by atoms with Crippen molar-refractivity contribution in [1.82, 2.24) is 25.1 Å². The molecule has 0 unspecified atom stereocenters. The molecule has 9 heteroatoms. The smallest absolute Gasteiger partial charge is 0.261 e. The summed E-state index contributed by atoms with van der Waals surface area (Å²) in [6.07, 6.45) is 9.09. The van der Waals surface area contributed by atoms with Crippen molar-refractivity contribution in [2.75, 3.05) is 23.3 Å². The maximum absolute atomic E-state index is 13.0. The van der Waals surface area contributed by atoms with Gasteiger partial charge in [-0.1, -0.05) is 17.4 Å². The Morgan fingerprint density at radius 3 is 2.72 bits per heavy atom. The summed E-state index contributed by atoms with van der Waals surface area (Å²) in [5.41, 5.74) is 1.56. The van der Waals surface area contributed by atoms with Crippen LogP contribution in [0, 0.1) is 0 Å². The van der Waals surface area contributed by atoms with E-state index >= 15 is 0 Å². The molecule has 1 saturated carbocycles. The molecular formula is C20H21N7OS. The van der Waals surface area contributed by atoms with Gasteiger partial charge in [0.2, 0.25) is 11.1 Å². The lowest BCUT2D eigenvalue weighted by molar-refractivity contribution is 0.102. The van der Waals surface area contributed by atoms with Crippen molar-refractivity contribution in [2.24, 2.45) is 0 Å². The van der Waals surface area contributed by atoms with Gasteiger partial charge in [0, 0.05) is 31.4 Å². The first-order valence-electron chi connectivity index (χ1n) is 9.96. The van der Waals surface area contributed by atoms with Crippen LogP contribution in [0.2, 0.25) is 0 Å². The number of nitrogens with zero attached hydrogens (tertiary/aromatic N) is 6. The highest BCUT2D eigenvalue weighted by molar-refractivity contribution is 7.15. The molecule has 148 valence electrons. The van der Waals surface area contributed by atoms with E-state index in [9.17, 15) is 4.79 Å². The Morgan fingerprint density at radius 1 is 1.10 bits per heavy atom. The topological polar surface area (TPSA) is 96.8 Å². The molecule has 2 aliphatic rings. The molecule has 0 atom stereocenters. The number of rotatable bonds is 5. The molecule has 8 nitrogen and oxygen atoms in total. The second-order valence-electron chi connectivity index (χ2n) is 7.37. The molecule has 0 radical (unpaired) electrons. The molecule has 1 aliphatic carbocycles. The van der Waals surface area contributed by atoms with Crippen LogP contribution in [0.4, 0.5) is 11.1 Å². The van der Waals surface area contributed by atoms with Gasteiger partial charge in [0.15, 0.2) is 0 Å². The highest BCUT2D eigenvalue weighted by Crippen LogP contribution is 2.42. The fourth-order valence-electron chi connectivity index (χ4n) is 3.43. The van der Waals surface area contributed by atoms with Crippen LogP contribution >= 0.6 is 11.3 Å². The monoisotopic (exact) mass is 407 g/mol. The summed E-state index contributed by atoms with van der Waals surface area (Å²) in [6, 6.07) is 5.59. The van der Waals surface area contributed by atoms with Crippen LogP contribution in [-0.4, -0.2) is 44.1 Å². The average Bonchev–Trinajstić information content (AvgIpc) is 3.53. The zero-order chi connectivity index (χ0) is 19.6. The average molecular weight is 408 g/mol. The highest BCUT2D eigenvalue weighted by atomic mass is 32.1. The quantitative estimate of drug-likeness (QED) is 0.691. The minimum atomic E-state index is -0.297. The summed E-state index contributed by atoms with van der Waals surface area (Å²) in [7, 11) is 0. The van der Waals surface area contributed by atoms with Gasteiger partial charge in [0.05, 0.1) is 11.3 Å². The third kappa shape index (κ3) is 3.95. The van der Waals surface area contributed by atoms with Crippen LogP contribution in [0.5, 0.6) is 0 Å². The van der Waals surface area contributed by atoms with Crippen LogP contribution in [0.3, 0.4) is 0 Å². The van der Waals surface area contributed by atoms with Crippen LogP contribution in [0.15, 0.2) is 30.6 Å². The number of amides is 1. The third-order valence-electron chi connectivity index (χ3n) is 5.15. The van der Waals surface area contributed by atoms with Crippen molar-refractivity contribution < 1.29 is 4.79 Å². The van der Waals surface area contributed by atoms with Gasteiger partial charge >= 0.3 is 0 Å². The molecule has 3 aromatic rings. The molecule has 0 bridgehead atoms. The molecule has 1 amide bonds. The second kappa shape index (κ2) is 7.82. The molecule has 1 aliphatic heterocycles. The van der Waals surface area contributed by atoms with E-state index < -0.39 is 0 Å². The largest absolute Gasteiger partial charge is 0.341 e. The standard InChI is InChI=1S/C20H21N7OS/c28-17(24-20-26-25-18(29-20)13-7-8-13)14-12-22-19(27-10-4-1-5-11-27)23-16(14)15-6-2-3-9-21-15/h2-3,6,9,12-13H,1,4-5,7-8,10-11H2,(H,24,26,28). The van der Waals surface area contributed by atoms with Crippen LogP contribution < -0.4 is 10.2 Å². The van der Waals surface area contributed by atoms with E-state index in [0.717, 1.165) is 43.8 Å². The zero-order valence-electron chi connectivity index (χ0n) is 15.9. The van der Waals surface area contributed by atoms with Gasteiger partial charge in [-0.2, -0.15) is 0 Å². The summed E-state index contributed by atoms with van der Waals surface area (Å²) in [5.74, 6) is 0.859. The summed E-state index contributed by atoms with van der Waals surface area (Å²) >= 11 is 1.44. The first-order chi connectivity index (χ1) is 14.3. The van der Waals surface area contributed by atoms with Crippen LogP contribution in [0.25, 0.3) is 11.4 Å². The Morgan fingerprint density at radius 2 is 1.97 bits per heavy atom. The van der Waals surface area contributed by atoms with Crippen molar-refractivity contribution in [3.8, 4) is 11.4 Å². The number of anilines is 2. The maximum Gasteiger partial charge on any atom is 0.261 e. The summed E-state index contributed by atoms with van der Waals surface area (Å²) in [4.78, 5) is 28.8. The Kier molecular flexibility index (Phi) is 4.89.